The monoisotopic (exact) mass is 433 g/mol. The van der Waals surface area contributed by atoms with E-state index >= 15 is 0 Å². The molecule has 0 atom stereocenters. The predicted molar refractivity (Wildman–Crippen MR) is 104 cm³/mol. The van der Waals surface area contributed by atoms with E-state index in [2.05, 4.69) is 5.32 Å². The maximum absolute atomic E-state index is 12.3. The number of hydrogen-bond donors (Lipinski definition) is 2. The van der Waals surface area contributed by atoms with Crippen LogP contribution >= 0.6 is 11.6 Å². The maximum atomic E-state index is 12.3. The van der Waals surface area contributed by atoms with E-state index < -0.39 is 15.8 Å². The lowest BCUT2D eigenvalue weighted by atomic mass is 10.2. The van der Waals surface area contributed by atoms with Crippen molar-refractivity contribution in [3.8, 4) is 11.5 Å². The lowest BCUT2D eigenvalue weighted by Gasteiger charge is -2.07. The largest absolute Gasteiger partial charge is 0.506 e. The first-order valence-electron chi connectivity index (χ1n) is 8.19. The Labute approximate surface area is 172 Å². The van der Waals surface area contributed by atoms with Crippen LogP contribution in [0.25, 0.3) is 0 Å². The number of non-ortho nitro benzene ring substituents is 2. The van der Waals surface area contributed by atoms with Gasteiger partial charge in [-0.15, -0.1) is 0 Å². The molecule has 0 spiro atoms. The molecule has 0 saturated carbocycles. The van der Waals surface area contributed by atoms with E-state index in [4.69, 9.17) is 20.8 Å². The number of benzene rings is 2. The highest BCUT2D eigenvalue weighted by Gasteiger charge is 2.17. The Morgan fingerprint density at radius 3 is 2.40 bits per heavy atom. The average Bonchev–Trinajstić information content (AvgIpc) is 3.17. The van der Waals surface area contributed by atoms with Gasteiger partial charge in [-0.3, -0.25) is 25.0 Å². The summed E-state index contributed by atoms with van der Waals surface area (Å²) in [7, 11) is 0. The molecule has 0 aliphatic rings. The third-order valence-electron chi connectivity index (χ3n) is 3.82. The third kappa shape index (κ3) is 4.64. The molecule has 11 nitrogen and oxygen atoms in total. The Hall–Kier alpha value is -4.12. The van der Waals surface area contributed by atoms with E-state index in [1.54, 1.807) is 0 Å². The first-order chi connectivity index (χ1) is 14.2. The molecule has 0 aliphatic heterocycles. The van der Waals surface area contributed by atoms with Crippen molar-refractivity contribution in [2.45, 2.75) is 6.61 Å². The van der Waals surface area contributed by atoms with Gasteiger partial charge >= 0.3 is 0 Å². The number of nitro benzene ring substituents is 2. The second-order valence-corrected chi connectivity index (χ2v) is 6.25. The van der Waals surface area contributed by atoms with Gasteiger partial charge in [-0.25, -0.2) is 0 Å². The fourth-order valence-electron chi connectivity index (χ4n) is 2.37. The summed E-state index contributed by atoms with van der Waals surface area (Å²) in [5.41, 5.74) is -0.647. The Morgan fingerprint density at radius 1 is 1.07 bits per heavy atom. The van der Waals surface area contributed by atoms with Gasteiger partial charge in [-0.2, -0.15) is 0 Å². The van der Waals surface area contributed by atoms with Crippen molar-refractivity contribution in [1.82, 2.24) is 0 Å². The number of halogens is 1. The van der Waals surface area contributed by atoms with Crippen LogP contribution in [0.15, 0.2) is 52.9 Å². The van der Waals surface area contributed by atoms with Crippen molar-refractivity contribution in [1.29, 1.82) is 0 Å². The Bertz CT molecular complexity index is 1140. The first kappa shape index (κ1) is 20.6. The third-order valence-corrected chi connectivity index (χ3v) is 4.12. The number of anilines is 1. The predicted octanol–water partition coefficient (Wildman–Crippen LogP) is 4.29. The van der Waals surface area contributed by atoms with Crippen LogP contribution in [-0.2, 0) is 6.61 Å². The number of rotatable bonds is 7. The van der Waals surface area contributed by atoms with Gasteiger partial charge in [0, 0.05) is 24.3 Å². The number of hydrogen-bond acceptors (Lipinski definition) is 8. The van der Waals surface area contributed by atoms with Crippen LogP contribution in [0.1, 0.15) is 16.3 Å². The van der Waals surface area contributed by atoms with Gasteiger partial charge in [0.2, 0.25) is 0 Å². The molecule has 154 valence electrons. The van der Waals surface area contributed by atoms with Gasteiger partial charge in [-0.1, -0.05) is 11.6 Å². The van der Waals surface area contributed by atoms with E-state index in [0.29, 0.717) is 0 Å². The molecule has 30 heavy (non-hydrogen) atoms. The lowest BCUT2D eigenvalue weighted by molar-refractivity contribution is -0.385. The Balaban J connectivity index is 1.66. The van der Waals surface area contributed by atoms with E-state index in [-0.39, 0.29) is 51.7 Å². The van der Waals surface area contributed by atoms with Crippen LogP contribution in [-0.4, -0.2) is 20.9 Å². The maximum Gasteiger partial charge on any atom is 0.291 e. The number of phenolic OH excluding ortho intramolecular Hbond substituents is 1. The number of furan rings is 1. The second kappa shape index (κ2) is 8.49. The summed E-state index contributed by atoms with van der Waals surface area (Å²) in [6.07, 6.45) is 0. The Kier molecular flexibility index (Phi) is 5.83. The number of carbonyl (C=O) groups is 1. The van der Waals surface area contributed by atoms with Crippen LogP contribution in [0.2, 0.25) is 5.02 Å². The molecule has 1 aromatic heterocycles. The zero-order valence-corrected chi connectivity index (χ0v) is 15.7. The fraction of sp³-hybridized carbons (Fsp3) is 0.0556. The zero-order chi connectivity index (χ0) is 21.8. The van der Waals surface area contributed by atoms with Crippen LogP contribution < -0.4 is 10.1 Å². The number of nitrogens with zero attached hydrogens (tertiary/aromatic N) is 2. The zero-order valence-electron chi connectivity index (χ0n) is 14.9. The Morgan fingerprint density at radius 2 is 1.73 bits per heavy atom. The molecule has 0 unspecified atom stereocenters. The minimum absolute atomic E-state index is 0.0369. The van der Waals surface area contributed by atoms with Gasteiger partial charge in [0.25, 0.3) is 17.3 Å². The van der Waals surface area contributed by atoms with Crippen molar-refractivity contribution in [3.05, 3.63) is 85.3 Å². The number of nitro groups is 2. The molecule has 0 saturated heterocycles. The first-order valence-corrected chi connectivity index (χ1v) is 8.56. The van der Waals surface area contributed by atoms with Crippen LogP contribution in [0.5, 0.6) is 11.5 Å². The highest BCUT2D eigenvalue weighted by atomic mass is 35.5. The van der Waals surface area contributed by atoms with Crippen molar-refractivity contribution in [2.75, 3.05) is 5.32 Å². The molecule has 3 aromatic rings. The van der Waals surface area contributed by atoms with Crippen LogP contribution in [0, 0.1) is 20.2 Å². The molecule has 2 N–H and O–H groups in total. The summed E-state index contributed by atoms with van der Waals surface area (Å²) in [4.78, 5) is 32.6. The number of amides is 1. The number of ether oxygens (including phenoxy) is 1. The van der Waals surface area contributed by atoms with Crippen LogP contribution in [0.3, 0.4) is 0 Å². The standard InChI is InChI=1S/C18H12ClN3O8/c19-13-7-10(21(25)26)2-5-16(13)29-9-12-3-6-17(30-12)18(24)20-14-8-11(22(27)28)1-4-15(14)23/h1-8,23H,9H2,(H,20,24). The summed E-state index contributed by atoms with van der Waals surface area (Å²) in [5.74, 6) is -0.791. The van der Waals surface area contributed by atoms with Crippen LogP contribution in [0.4, 0.5) is 17.1 Å². The SMILES string of the molecule is O=C(Nc1cc([N+](=O)[O-])ccc1O)c1ccc(COc2ccc([N+](=O)[O-])cc2Cl)o1. The summed E-state index contributed by atoms with van der Waals surface area (Å²) in [6, 6.07) is 9.71. The van der Waals surface area contributed by atoms with E-state index in [1.807, 2.05) is 0 Å². The lowest BCUT2D eigenvalue weighted by Crippen LogP contribution is -2.11. The molecular weight excluding hydrogens is 422 g/mol. The minimum atomic E-state index is -0.745. The van der Waals surface area contributed by atoms with Crippen molar-refractivity contribution in [2.24, 2.45) is 0 Å². The normalized spacial score (nSPS) is 10.4. The number of nitrogens with one attached hydrogen (secondary N) is 1. The van der Waals surface area contributed by atoms with Gasteiger partial charge in [0.15, 0.2) is 5.76 Å². The molecule has 1 amide bonds. The van der Waals surface area contributed by atoms with Gasteiger partial charge in [0.05, 0.1) is 20.6 Å². The second-order valence-electron chi connectivity index (χ2n) is 5.84. The summed E-state index contributed by atoms with van der Waals surface area (Å²) >= 11 is 5.94. The molecule has 1 heterocycles. The summed E-state index contributed by atoms with van der Waals surface area (Å²) in [5, 5.41) is 33.7. The summed E-state index contributed by atoms with van der Waals surface area (Å²) in [6.45, 7) is -0.118. The van der Waals surface area contributed by atoms with E-state index in [9.17, 15) is 30.1 Å². The van der Waals surface area contributed by atoms with E-state index in [0.717, 1.165) is 24.3 Å². The van der Waals surface area contributed by atoms with E-state index in [1.165, 1.54) is 24.3 Å². The summed E-state index contributed by atoms with van der Waals surface area (Å²) < 4.78 is 10.8. The molecule has 0 radical (unpaired) electrons. The molecule has 0 aliphatic carbocycles. The van der Waals surface area contributed by atoms with Gasteiger partial charge in [-0.05, 0) is 24.3 Å². The van der Waals surface area contributed by atoms with Gasteiger partial charge < -0.3 is 19.6 Å². The smallest absolute Gasteiger partial charge is 0.291 e. The molecule has 0 fully saturated rings. The quantitative estimate of drug-likeness (QED) is 0.317. The van der Waals surface area contributed by atoms with Crippen molar-refractivity contribution < 1.29 is 28.9 Å². The van der Waals surface area contributed by atoms with Crippen molar-refractivity contribution >= 4 is 34.6 Å². The molecular formula is C18H12ClN3O8. The molecule has 0 bridgehead atoms. The topological polar surface area (TPSA) is 158 Å². The fourth-order valence-corrected chi connectivity index (χ4v) is 2.60. The average molecular weight is 434 g/mol. The number of carbonyl (C=O) groups excluding carboxylic acids is 1. The number of phenols is 1. The minimum Gasteiger partial charge on any atom is -0.506 e. The number of aromatic hydroxyl groups is 1. The molecule has 12 heteroatoms. The highest BCUT2D eigenvalue weighted by Crippen LogP contribution is 2.30. The van der Waals surface area contributed by atoms with Crippen molar-refractivity contribution in [3.63, 3.8) is 0 Å². The highest BCUT2D eigenvalue weighted by molar-refractivity contribution is 6.32. The molecule has 2 aromatic carbocycles. The molecule has 3 rings (SSSR count). The van der Waals surface area contributed by atoms with Gasteiger partial charge in [0.1, 0.15) is 23.9 Å².